The summed E-state index contributed by atoms with van der Waals surface area (Å²) in [6, 6.07) is 0.172. The number of nitrogens with one attached hydrogen (secondary N) is 3. The normalized spacial score (nSPS) is 30.0. The van der Waals surface area contributed by atoms with Crippen LogP contribution in [0.25, 0.3) is 0 Å². The second-order valence-electron chi connectivity index (χ2n) is 5.30. The van der Waals surface area contributed by atoms with Crippen LogP contribution < -0.4 is 16.0 Å². The number of urea groups is 1. The Hall–Kier alpha value is -0.710. The van der Waals surface area contributed by atoms with Crippen LogP contribution in [-0.4, -0.2) is 49.6 Å². The van der Waals surface area contributed by atoms with Gasteiger partial charge >= 0.3 is 12.0 Å². The third-order valence-corrected chi connectivity index (χ3v) is 6.44. The second kappa shape index (κ2) is 6.59. The van der Waals surface area contributed by atoms with Gasteiger partial charge in [-0.25, -0.2) is 9.59 Å². The first-order valence-electron chi connectivity index (χ1n) is 6.71. The molecule has 0 saturated carbocycles. The zero-order valence-corrected chi connectivity index (χ0v) is 14.5. The van der Waals surface area contributed by atoms with E-state index in [4.69, 9.17) is 0 Å². The van der Waals surface area contributed by atoms with Gasteiger partial charge < -0.3 is 21.1 Å². The molecule has 0 aromatic heterocycles. The van der Waals surface area contributed by atoms with E-state index in [1.54, 1.807) is 34.4 Å². The highest BCUT2D eigenvalue weighted by atomic mass is 127. The Bertz CT molecular complexity index is 464. The van der Waals surface area contributed by atoms with Crippen molar-refractivity contribution in [2.75, 3.05) is 5.75 Å². The molecule has 0 aromatic rings. The van der Waals surface area contributed by atoms with Gasteiger partial charge in [-0.05, 0) is 41.9 Å². The summed E-state index contributed by atoms with van der Waals surface area (Å²) in [5, 5.41) is 17.8. The highest BCUT2D eigenvalue weighted by Crippen LogP contribution is 2.34. The lowest BCUT2D eigenvalue weighted by Crippen LogP contribution is -2.48. The number of carboxylic acids is 1. The first-order valence-corrected chi connectivity index (χ1v) is 8.84. The molecule has 4 N–H and O–H groups in total. The summed E-state index contributed by atoms with van der Waals surface area (Å²) in [7, 11) is 0. The first-order chi connectivity index (χ1) is 9.82. The van der Waals surface area contributed by atoms with Gasteiger partial charge in [0.05, 0.1) is 12.1 Å². The van der Waals surface area contributed by atoms with Crippen LogP contribution in [0.5, 0.6) is 0 Å². The lowest BCUT2D eigenvalue weighted by Gasteiger charge is -2.24. The quantitative estimate of drug-likeness (QED) is 0.216. The minimum atomic E-state index is -1.26. The number of carbonyl (C=O) groups excluding carboxylic acids is 2. The maximum Gasteiger partial charge on any atom is 0.339 e. The molecule has 4 atom stereocenters. The van der Waals surface area contributed by atoms with Crippen LogP contribution in [0.15, 0.2) is 0 Å². The zero-order valence-electron chi connectivity index (χ0n) is 11.5. The molecule has 3 amide bonds. The molecule has 2 saturated heterocycles. The molecule has 2 aliphatic rings. The van der Waals surface area contributed by atoms with Gasteiger partial charge in [-0.2, -0.15) is 11.8 Å². The molecule has 9 heteroatoms. The van der Waals surface area contributed by atoms with Crippen molar-refractivity contribution in [1.82, 2.24) is 16.0 Å². The van der Waals surface area contributed by atoms with E-state index in [9.17, 15) is 19.5 Å². The molecule has 7 nitrogen and oxygen atoms in total. The number of hydrogen-bond acceptors (Lipinski definition) is 4. The van der Waals surface area contributed by atoms with Crippen molar-refractivity contribution in [1.29, 1.82) is 0 Å². The van der Waals surface area contributed by atoms with Crippen molar-refractivity contribution in [3.63, 3.8) is 0 Å². The van der Waals surface area contributed by atoms with E-state index in [-0.39, 0.29) is 24.0 Å². The van der Waals surface area contributed by atoms with Gasteiger partial charge in [0.25, 0.3) is 0 Å². The number of rotatable bonds is 6. The van der Waals surface area contributed by atoms with E-state index in [0.29, 0.717) is 18.1 Å². The van der Waals surface area contributed by atoms with Crippen molar-refractivity contribution in [3.8, 4) is 0 Å². The van der Waals surface area contributed by atoms with Gasteiger partial charge in [-0.3, -0.25) is 4.79 Å². The highest BCUT2D eigenvalue weighted by Gasteiger charge is 2.43. The minimum absolute atomic E-state index is 0.122. The average Bonchev–Trinajstić information content (AvgIpc) is 2.88. The van der Waals surface area contributed by atoms with Crippen molar-refractivity contribution in [2.45, 2.75) is 47.1 Å². The Morgan fingerprint density at radius 3 is 2.86 bits per heavy atom. The maximum atomic E-state index is 11.3. The molecular weight excluding hydrogens is 409 g/mol. The second-order valence-corrected chi connectivity index (χ2v) is 8.42. The van der Waals surface area contributed by atoms with Crippen molar-refractivity contribution < 1.29 is 19.5 Å². The van der Waals surface area contributed by atoms with E-state index in [1.165, 1.54) is 6.92 Å². The molecule has 0 radical (unpaired) electrons. The lowest BCUT2D eigenvalue weighted by atomic mass is 10.0. The number of amides is 3. The number of carboxylic acid groups (broad SMARTS) is 1. The van der Waals surface area contributed by atoms with E-state index in [1.807, 2.05) is 0 Å². The van der Waals surface area contributed by atoms with Crippen LogP contribution in [0.3, 0.4) is 0 Å². The predicted octanol–water partition coefficient (Wildman–Crippen LogP) is 0.674. The van der Waals surface area contributed by atoms with Gasteiger partial charge in [-0.1, -0.05) is 0 Å². The van der Waals surface area contributed by atoms with Gasteiger partial charge in [0.1, 0.15) is 0 Å². The summed E-state index contributed by atoms with van der Waals surface area (Å²) >= 11 is 3.58. The van der Waals surface area contributed by atoms with E-state index in [0.717, 1.165) is 12.2 Å². The number of halogens is 1. The Labute approximate surface area is 140 Å². The summed E-state index contributed by atoms with van der Waals surface area (Å²) in [6.07, 6.45) is 1.84. The molecule has 1 unspecified atom stereocenters. The summed E-state index contributed by atoms with van der Waals surface area (Å²) in [5.74, 6) is -0.505. The summed E-state index contributed by atoms with van der Waals surface area (Å²) in [5.41, 5.74) is 0. The number of hydrogen-bond donors (Lipinski definition) is 4. The monoisotopic (exact) mass is 427 g/mol. The lowest BCUT2D eigenvalue weighted by molar-refractivity contribution is -0.142. The number of thioether (sulfide) groups is 1. The molecule has 2 rings (SSSR count). The summed E-state index contributed by atoms with van der Waals surface area (Å²) in [6.45, 7) is 1.31. The molecule has 2 aliphatic heterocycles. The molecule has 2 heterocycles. The average molecular weight is 427 g/mol. The van der Waals surface area contributed by atoms with E-state index >= 15 is 0 Å². The van der Waals surface area contributed by atoms with E-state index in [2.05, 4.69) is 16.0 Å². The topological polar surface area (TPSA) is 108 Å². The zero-order chi connectivity index (χ0) is 15.6. The Morgan fingerprint density at radius 1 is 1.52 bits per heavy atom. The SMILES string of the molecule is CC(=O)NC(I)(CCC[C@@H]1SC[C@@H]2NC(=O)N[C@@H]21)C(=O)O. The molecule has 2 fully saturated rings. The van der Waals surface area contributed by atoms with E-state index < -0.39 is 9.51 Å². The van der Waals surface area contributed by atoms with Crippen LogP contribution in [0.4, 0.5) is 4.79 Å². The number of fused-ring (bicyclic) bond motifs is 1. The van der Waals surface area contributed by atoms with Gasteiger partial charge in [-0.15, -0.1) is 0 Å². The smallest absolute Gasteiger partial charge is 0.339 e. The van der Waals surface area contributed by atoms with Crippen LogP contribution >= 0.6 is 34.4 Å². The fraction of sp³-hybridized carbons (Fsp3) is 0.750. The summed E-state index contributed by atoms with van der Waals surface area (Å²) in [4.78, 5) is 33.7. The highest BCUT2D eigenvalue weighted by molar-refractivity contribution is 14.1. The fourth-order valence-corrected chi connectivity index (χ4v) is 5.00. The van der Waals surface area contributed by atoms with Crippen molar-refractivity contribution in [3.05, 3.63) is 0 Å². The van der Waals surface area contributed by atoms with Gasteiger partial charge in [0.15, 0.2) is 3.55 Å². The number of aliphatic carboxylic acids is 1. The standard InChI is InChI=1S/C12H18IN3O4S/c1-6(17)16-12(13,10(18)19)4-2-3-8-9-7(5-21-8)14-11(20)15-9/h7-9H,2-5H2,1H3,(H,16,17)(H,18,19)(H2,14,15,20)/t7-,8-,9-,12?/m0/s1. The predicted molar refractivity (Wildman–Crippen MR) is 87.5 cm³/mol. The number of carbonyl (C=O) groups is 3. The first kappa shape index (κ1) is 16.7. The van der Waals surface area contributed by atoms with Crippen molar-refractivity contribution >= 4 is 52.3 Å². The van der Waals surface area contributed by atoms with Crippen LogP contribution in [-0.2, 0) is 9.59 Å². The molecule has 0 spiro atoms. The molecule has 0 aromatic carbocycles. The third-order valence-electron chi connectivity index (χ3n) is 3.66. The van der Waals surface area contributed by atoms with Gasteiger partial charge in [0.2, 0.25) is 5.91 Å². The molecular formula is C12H18IN3O4S. The number of alkyl halides is 1. The Kier molecular flexibility index (Phi) is 5.23. The Balaban J connectivity index is 1.84. The largest absolute Gasteiger partial charge is 0.479 e. The van der Waals surface area contributed by atoms with Crippen LogP contribution in [0, 0.1) is 0 Å². The molecule has 118 valence electrons. The van der Waals surface area contributed by atoms with Crippen molar-refractivity contribution in [2.24, 2.45) is 0 Å². The summed E-state index contributed by atoms with van der Waals surface area (Å²) < 4.78 is -1.26. The molecule has 0 bridgehead atoms. The van der Waals surface area contributed by atoms with Crippen LogP contribution in [0.1, 0.15) is 26.2 Å². The Morgan fingerprint density at radius 2 is 2.24 bits per heavy atom. The fourth-order valence-electron chi connectivity index (χ4n) is 2.69. The van der Waals surface area contributed by atoms with Gasteiger partial charge in [0, 0.05) is 17.9 Å². The molecule has 21 heavy (non-hydrogen) atoms. The maximum absolute atomic E-state index is 11.3. The minimum Gasteiger partial charge on any atom is -0.479 e. The van der Waals surface area contributed by atoms with Crippen LogP contribution in [0.2, 0.25) is 0 Å². The third kappa shape index (κ3) is 3.93. The molecule has 0 aliphatic carbocycles.